The fraction of sp³-hybridized carbons (Fsp3) is 0.231. The summed E-state index contributed by atoms with van der Waals surface area (Å²) >= 11 is 0. The summed E-state index contributed by atoms with van der Waals surface area (Å²) in [7, 11) is 0. The number of carbonyl (C=O) groups is 1. The maximum absolute atomic E-state index is 13.6. The largest absolute Gasteiger partial charge is 0.477 e. The Hall–Kier alpha value is -2.17. The predicted octanol–water partition coefficient (Wildman–Crippen LogP) is 3.13. The average molecular weight is 249 g/mol. The van der Waals surface area contributed by atoms with Crippen LogP contribution < -0.4 is 0 Å². The number of halogens is 1. The minimum Gasteiger partial charge on any atom is -0.477 e. The van der Waals surface area contributed by atoms with Gasteiger partial charge in [0.25, 0.3) is 0 Å². The lowest BCUT2D eigenvalue weighted by Crippen LogP contribution is -2.02. The van der Waals surface area contributed by atoms with E-state index in [4.69, 9.17) is 4.52 Å². The van der Waals surface area contributed by atoms with Gasteiger partial charge in [0.2, 0.25) is 0 Å². The second kappa shape index (κ2) is 5.00. The molecule has 94 valence electrons. The minimum absolute atomic E-state index is 0.0454. The number of carboxylic acids is 1. The molecule has 2 aromatic rings. The summed E-state index contributed by atoms with van der Waals surface area (Å²) in [5, 5.41) is 12.9. The number of aromatic nitrogens is 1. The Morgan fingerprint density at radius 1 is 1.44 bits per heavy atom. The van der Waals surface area contributed by atoms with Crippen molar-refractivity contribution in [1.29, 1.82) is 0 Å². The van der Waals surface area contributed by atoms with E-state index in [2.05, 4.69) is 5.16 Å². The summed E-state index contributed by atoms with van der Waals surface area (Å²) in [5.41, 5.74) is 0.131. The molecule has 0 spiro atoms. The van der Waals surface area contributed by atoms with Gasteiger partial charge in [0.1, 0.15) is 17.1 Å². The summed E-state index contributed by atoms with van der Waals surface area (Å²) in [5.74, 6) is -1.39. The molecule has 1 N–H and O–H groups in total. The Labute approximate surface area is 103 Å². The molecule has 0 unspecified atom stereocenters. The molecule has 0 amide bonds. The molecule has 0 atom stereocenters. The first-order valence-corrected chi connectivity index (χ1v) is 5.62. The third-order valence-electron chi connectivity index (χ3n) is 2.58. The van der Waals surface area contributed by atoms with Gasteiger partial charge in [-0.1, -0.05) is 24.2 Å². The van der Waals surface area contributed by atoms with E-state index >= 15 is 0 Å². The molecule has 0 aliphatic rings. The van der Waals surface area contributed by atoms with Gasteiger partial charge in [0.15, 0.2) is 5.76 Å². The predicted molar refractivity (Wildman–Crippen MR) is 62.9 cm³/mol. The molecule has 1 aromatic heterocycles. The smallest absolute Gasteiger partial charge is 0.341 e. The fourth-order valence-corrected chi connectivity index (χ4v) is 1.78. The average Bonchev–Trinajstić information content (AvgIpc) is 2.74. The van der Waals surface area contributed by atoms with Gasteiger partial charge in [0, 0.05) is 12.0 Å². The highest BCUT2D eigenvalue weighted by Gasteiger charge is 2.24. The second-order valence-corrected chi connectivity index (χ2v) is 3.86. The van der Waals surface area contributed by atoms with Crippen molar-refractivity contribution in [3.63, 3.8) is 0 Å². The summed E-state index contributed by atoms with van der Waals surface area (Å²) in [6.45, 7) is 1.90. The number of benzene rings is 1. The van der Waals surface area contributed by atoms with E-state index in [0.29, 0.717) is 6.42 Å². The van der Waals surface area contributed by atoms with E-state index in [0.717, 1.165) is 6.42 Å². The lowest BCUT2D eigenvalue weighted by molar-refractivity contribution is 0.0695. The zero-order chi connectivity index (χ0) is 13.1. The van der Waals surface area contributed by atoms with Crippen molar-refractivity contribution in [3.05, 3.63) is 41.4 Å². The molecule has 1 aromatic carbocycles. The Kier molecular flexibility index (Phi) is 3.41. The fourth-order valence-electron chi connectivity index (χ4n) is 1.78. The molecule has 2 rings (SSSR count). The van der Waals surface area contributed by atoms with Gasteiger partial charge < -0.3 is 9.63 Å². The first-order valence-electron chi connectivity index (χ1n) is 5.62. The normalized spacial score (nSPS) is 10.6. The number of hydrogen-bond donors (Lipinski definition) is 1. The molecule has 0 aliphatic heterocycles. The van der Waals surface area contributed by atoms with Gasteiger partial charge in [-0.25, -0.2) is 9.18 Å². The first kappa shape index (κ1) is 12.3. The number of rotatable bonds is 4. The maximum Gasteiger partial charge on any atom is 0.341 e. The van der Waals surface area contributed by atoms with E-state index < -0.39 is 11.8 Å². The molecule has 0 aliphatic carbocycles. The summed E-state index contributed by atoms with van der Waals surface area (Å²) in [4.78, 5) is 11.2. The van der Waals surface area contributed by atoms with E-state index in [9.17, 15) is 14.3 Å². The van der Waals surface area contributed by atoms with Gasteiger partial charge in [0.05, 0.1) is 0 Å². The third kappa shape index (κ3) is 2.11. The number of carboxylic acid groups (broad SMARTS) is 1. The Bertz CT molecular complexity index is 577. The molecule has 0 bridgehead atoms. The molecule has 0 saturated carbocycles. The molecular formula is C13H12FNO3. The van der Waals surface area contributed by atoms with Crippen LogP contribution >= 0.6 is 0 Å². The van der Waals surface area contributed by atoms with Crippen LogP contribution in [0.5, 0.6) is 0 Å². The van der Waals surface area contributed by atoms with Crippen molar-refractivity contribution >= 4 is 5.97 Å². The Morgan fingerprint density at radius 2 is 2.17 bits per heavy atom. The van der Waals surface area contributed by atoms with Crippen LogP contribution in [0.1, 0.15) is 29.5 Å². The summed E-state index contributed by atoms with van der Waals surface area (Å²) in [6.07, 6.45) is 1.19. The van der Waals surface area contributed by atoms with Crippen LogP contribution in [-0.4, -0.2) is 16.2 Å². The van der Waals surface area contributed by atoms with Crippen LogP contribution in [0.2, 0.25) is 0 Å². The SMILES string of the molecule is CCCc1onc(-c2ccccc2F)c1C(=O)O. The van der Waals surface area contributed by atoms with Crippen LogP contribution in [0.4, 0.5) is 4.39 Å². The number of aromatic carboxylic acids is 1. The van der Waals surface area contributed by atoms with Gasteiger partial charge >= 0.3 is 5.97 Å². The summed E-state index contributed by atoms with van der Waals surface area (Å²) in [6, 6.07) is 5.90. The highest BCUT2D eigenvalue weighted by atomic mass is 19.1. The Balaban J connectivity index is 2.58. The van der Waals surface area contributed by atoms with Crippen LogP contribution in [0.25, 0.3) is 11.3 Å². The molecule has 0 fully saturated rings. The van der Waals surface area contributed by atoms with Crippen LogP contribution in [0.15, 0.2) is 28.8 Å². The van der Waals surface area contributed by atoms with Crippen LogP contribution in [-0.2, 0) is 6.42 Å². The van der Waals surface area contributed by atoms with Gasteiger partial charge in [-0.05, 0) is 18.6 Å². The van der Waals surface area contributed by atoms with E-state index in [-0.39, 0.29) is 22.6 Å². The van der Waals surface area contributed by atoms with Crippen molar-refractivity contribution in [1.82, 2.24) is 5.16 Å². The lowest BCUT2D eigenvalue weighted by Gasteiger charge is -2.00. The molecule has 5 heteroatoms. The minimum atomic E-state index is -1.15. The molecule has 1 heterocycles. The number of aryl methyl sites for hydroxylation is 1. The number of hydrogen-bond acceptors (Lipinski definition) is 3. The quantitative estimate of drug-likeness (QED) is 0.904. The zero-order valence-electron chi connectivity index (χ0n) is 9.81. The highest BCUT2D eigenvalue weighted by molar-refractivity contribution is 5.95. The zero-order valence-corrected chi connectivity index (χ0v) is 9.81. The molecule has 4 nitrogen and oxygen atoms in total. The van der Waals surface area contributed by atoms with Crippen molar-refractivity contribution in [2.45, 2.75) is 19.8 Å². The van der Waals surface area contributed by atoms with E-state index in [1.807, 2.05) is 6.92 Å². The lowest BCUT2D eigenvalue weighted by atomic mass is 10.0. The van der Waals surface area contributed by atoms with Crippen molar-refractivity contribution in [2.24, 2.45) is 0 Å². The topological polar surface area (TPSA) is 63.3 Å². The van der Waals surface area contributed by atoms with Gasteiger partial charge in [-0.2, -0.15) is 0 Å². The standard InChI is InChI=1S/C13H12FNO3/c1-2-5-10-11(13(16)17)12(15-18-10)8-6-3-4-7-9(8)14/h3-4,6-7H,2,5H2,1H3,(H,16,17). The van der Waals surface area contributed by atoms with Crippen molar-refractivity contribution in [2.75, 3.05) is 0 Å². The second-order valence-electron chi connectivity index (χ2n) is 3.86. The molecule has 0 saturated heterocycles. The maximum atomic E-state index is 13.6. The van der Waals surface area contributed by atoms with Crippen LogP contribution in [0, 0.1) is 5.82 Å². The Morgan fingerprint density at radius 3 is 2.78 bits per heavy atom. The molecule has 18 heavy (non-hydrogen) atoms. The molecular weight excluding hydrogens is 237 g/mol. The van der Waals surface area contributed by atoms with Gasteiger partial charge in [-0.3, -0.25) is 0 Å². The van der Waals surface area contributed by atoms with Gasteiger partial charge in [-0.15, -0.1) is 0 Å². The highest BCUT2D eigenvalue weighted by Crippen LogP contribution is 2.28. The van der Waals surface area contributed by atoms with Crippen molar-refractivity contribution < 1.29 is 18.8 Å². The van der Waals surface area contributed by atoms with Crippen molar-refractivity contribution in [3.8, 4) is 11.3 Å². The van der Waals surface area contributed by atoms with E-state index in [1.54, 1.807) is 6.07 Å². The monoisotopic (exact) mass is 249 g/mol. The number of nitrogens with zero attached hydrogens (tertiary/aromatic N) is 1. The first-order chi connectivity index (χ1) is 8.65. The third-order valence-corrected chi connectivity index (χ3v) is 2.58. The van der Waals surface area contributed by atoms with E-state index in [1.165, 1.54) is 18.2 Å². The van der Waals surface area contributed by atoms with Crippen LogP contribution in [0.3, 0.4) is 0 Å². The molecule has 0 radical (unpaired) electrons. The summed E-state index contributed by atoms with van der Waals surface area (Å²) < 4.78 is 18.6.